The average molecular weight is 564 g/mol. The molecule has 3 heterocycles. The van der Waals surface area contributed by atoms with Crippen LogP contribution in [0, 0.1) is 13.8 Å². The summed E-state index contributed by atoms with van der Waals surface area (Å²) in [6.45, 7) is 8.66. The number of aryl methyl sites for hydroxylation is 2. The third-order valence-corrected chi connectivity index (χ3v) is 8.46. The molecule has 1 aliphatic rings. The summed E-state index contributed by atoms with van der Waals surface area (Å²) in [6.07, 6.45) is 1.90. The summed E-state index contributed by atoms with van der Waals surface area (Å²) in [6, 6.07) is 12.0. The van der Waals surface area contributed by atoms with E-state index in [2.05, 4.69) is 11.9 Å². The van der Waals surface area contributed by atoms with Gasteiger partial charge in [-0.1, -0.05) is 36.8 Å². The van der Waals surface area contributed by atoms with Gasteiger partial charge in [-0.25, -0.2) is 9.97 Å². The highest BCUT2D eigenvalue weighted by Crippen LogP contribution is 2.45. The number of aliphatic hydroxyl groups excluding tert-OH is 1. The molecule has 2 aromatic carbocycles. The number of nitrogens with zero attached hydrogens (tertiary/aromatic N) is 3. The molecule has 4 aromatic rings. The van der Waals surface area contributed by atoms with Gasteiger partial charge in [-0.15, -0.1) is 11.3 Å². The summed E-state index contributed by atoms with van der Waals surface area (Å²) in [7, 11) is 0. The van der Waals surface area contributed by atoms with Crippen LogP contribution in [-0.2, 0) is 4.79 Å². The molecule has 202 valence electrons. The number of hydrogen-bond acceptors (Lipinski definition) is 9. The smallest absolute Gasteiger partial charge is 0.296 e. The van der Waals surface area contributed by atoms with Crippen LogP contribution >= 0.6 is 22.7 Å². The number of amides is 1. The van der Waals surface area contributed by atoms with E-state index < -0.39 is 23.5 Å². The van der Waals surface area contributed by atoms with Crippen molar-refractivity contribution in [2.75, 3.05) is 18.1 Å². The first-order valence-corrected chi connectivity index (χ1v) is 14.5. The first-order valence-electron chi connectivity index (χ1n) is 12.8. The molecule has 1 aliphatic heterocycles. The van der Waals surface area contributed by atoms with Gasteiger partial charge in [0.25, 0.3) is 5.91 Å². The lowest BCUT2D eigenvalue weighted by molar-refractivity contribution is -0.117. The number of ether oxygens (including phenoxy) is 2. The highest BCUT2D eigenvalue weighted by Gasteiger charge is 2.46. The Morgan fingerprint density at radius 1 is 1.05 bits per heavy atom. The van der Waals surface area contributed by atoms with E-state index in [0.717, 1.165) is 22.5 Å². The average Bonchev–Trinajstić information content (AvgIpc) is 3.57. The van der Waals surface area contributed by atoms with Crippen LogP contribution in [0.2, 0.25) is 0 Å². The highest BCUT2D eigenvalue weighted by atomic mass is 32.1. The Bertz CT molecular complexity index is 1590. The number of hydrogen-bond donors (Lipinski definition) is 1. The molecule has 1 atom stereocenters. The molecule has 8 nitrogen and oxygen atoms in total. The van der Waals surface area contributed by atoms with E-state index in [1.165, 1.54) is 27.6 Å². The molecule has 0 fully saturated rings. The molecule has 2 aromatic heterocycles. The number of aliphatic hydroxyl groups is 1. The SMILES string of the molecule is CCCCOc1cccc(C2C(C(=O)c3sc(C)nc3C)=C(O)C(=O)N2c2nc3ccc(OCC)cc3s2)c1. The Hall–Kier alpha value is -3.76. The number of unbranched alkanes of at least 4 members (excludes halogenated alkanes) is 1. The predicted octanol–water partition coefficient (Wildman–Crippen LogP) is 6.73. The van der Waals surface area contributed by atoms with Crippen molar-refractivity contribution in [2.45, 2.75) is 46.6 Å². The monoisotopic (exact) mass is 563 g/mol. The molecule has 10 heteroatoms. The van der Waals surface area contributed by atoms with E-state index in [9.17, 15) is 14.7 Å². The van der Waals surface area contributed by atoms with Crippen molar-refractivity contribution < 1.29 is 24.2 Å². The minimum Gasteiger partial charge on any atom is -0.503 e. The summed E-state index contributed by atoms with van der Waals surface area (Å²) in [5.41, 5.74) is 1.90. The van der Waals surface area contributed by atoms with Crippen molar-refractivity contribution in [2.24, 2.45) is 0 Å². The molecular formula is C29H29N3O5S2. The second-order valence-electron chi connectivity index (χ2n) is 9.15. The maximum absolute atomic E-state index is 13.9. The molecule has 1 amide bonds. The van der Waals surface area contributed by atoms with E-state index in [4.69, 9.17) is 14.5 Å². The summed E-state index contributed by atoms with van der Waals surface area (Å²) < 4.78 is 12.4. The number of anilines is 1. The number of ketones is 1. The minimum absolute atomic E-state index is 0.00622. The highest BCUT2D eigenvalue weighted by molar-refractivity contribution is 7.22. The van der Waals surface area contributed by atoms with Crippen LogP contribution in [0.1, 0.15) is 58.7 Å². The number of fused-ring (bicyclic) bond motifs is 1. The number of thiazole rings is 2. The largest absolute Gasteiger partial charge is 0.503 e. The first kappa shape index (κ1) is 26.8. The Morgan fingerprint density at radius 3 is 2.56 bits per heavy atom. The lowest BCUT2D eigenvalue weighted by Crippen LogP contribution is -2.31. The van der Waals surface area contributed by atoms with Gasteiger partial charge in [0.15, 0.2) is 10.9 Å². The lowest BCUT2D eigenvalue weighted by atomic mass is 9.95. The number of rotatable bonds is 10. The van der Waals surface area contributed by atoms with Crippen LogP contribution in [0.3, 0.4) is 0 Å². The van der Waals surface area contributed by atoms with Crippen LogP contribution in [0.25, 0.3) is 10.2 Å². The maximum atomic E-state index is 13.9. The zero-order valence-corrected chi connectivity index (χ0v) is 23.8. The molecule has 1 N–H and O–H groups in total. The van der Waals surface area contributed by atoms with Gasteiger partial charge in [0.2, 0.25) is 5.78 Å². The van der Waals surface area contributed by atoms with E-state index >= 15 is 0 Å². The molecule has 0 aliphatic carbocycles. The van der Waals surface area contributed by atoms with E-state index in [-0.39, 0.29) is 5.57 Å². The van der Waals surface area contributed by atoms with Crippen molar-refractivity contribution >= 4 is 49.7 Å². The Morgan fingerprint density at radius 2 is 1.85 bits per heavy atom. The summed E-state index contributed by atoms with van der Waals surface area (Å²) in [5.74, 6) is -0.351. The van der Waals surface area contributed by atoms with Gasteiger partial charge in [0.1, 0.15) is 11.5 Å². The standard InChI is InChI=1S/C29H29N3O5S2/c1-5-7-13-37-19-10-8-9-18(14-19)24-23(25(33)27-16(3)30-17(4)38-27)26(34)28(35)32(24)29-31-21-12-11-20(36-6-2)15-22(21)39-29/h8-12,14-15,24,34H,5-7,13H2,1-4H3. The zero-order valence-electron chi connectivity index (χ0n) is 22.2. The Kier molecular flexibility index (Phi) is 7.67. The minimum atomic E-state index is -0.895. The zero-order chi connectivity index (χ0) is 27.7. The van der Waals surface area contributed by atoms with Crippen LogP contribution in [0.15, 0.2) is 53.8 Å². The Labute approximate surface area is 234 Å². The van der Waals surface area contributed by atoms with Crippen molar-refractivity contribution in [1.82, 2.24) is 9.97 Å². The fourth-order valence-electron chi connectivity index (χ4n) is 4.58. The van der Waals surface area contributed by atoms with E-state index in [1.54, 1.807) is 6.92 Å². The third kappa shape index (κ3) is 5.14. The summed E-state index contributed by atoms with van der Waals surface area (Å²) in [5, 5.41) is 12.3. The van der Waals surface area contributed by atoms with Crippen molar-refractivity contribution in [1.29, 1.82) is 0 Å². The van der Waals surface area contributed by atoms with Gasteiger partial charge in [-0.2, -0.15) is 0 Å². The second kappa shape index (κ2) is 11.2. The number of benzene rings is 2. The molecule has 0 saturated carbocycles. The lowest BCUT2D eigenvalue weighted by Gasteiger charge is -2.24. The van der Waals surface area contributed by atoms with Gasteiger partial charge < -0.3 is 14.6 Å². The number of Topliss-reactive ketones (excluding diaryl/α,β-unsaturated/α-hetero) is 1. The molecule has 1 unspecified atom stereocenters. The van der Waals surface area contributed by atoms with Gasteiger partial charge >= 0.3 is 0 Å². The third-order valence-electron chi connectivity index (χ3n) is 6.37. The van der Waals surface area contributed by atoms with Crippen molar-refractivity contribution in [3.63, 3.8) is 0 Å². The molecule has 39 heavy (non-hydrogen) atoms. The quantitative estimate of drug-likeness (QED) is 0.169. The molecule has 0 radical (unpaired) electrons. The van der Waals surface area contributed by atoms with Crippen LogP contribution < -0.4 is 14.4 Å². The van der Waals surface area contributed by atoms with E-state index in [1.807, 2.05) is 56.3 Å². The molecule has 0 spiro atoms. The fraction of sp³-hybridized carbons (Fsp3) is 0.310. The van der Waals surface area contributed by atoms with Crippen molar-refractivity contribution in [3.8, 4) is 11.5 Å². The Balaban J connectivity index is 1.63. The van der Waals surface area contributed by atoms with Gasteiger partial charge in [0.05, 0.1) is 50.6 Å². The van der Waals surface area contributed by atoms with Crippen LogP contribution in [0.5, 0.6) is 11.5 Å². The van der Waals surface area contributed by atoms with E-state index in [0.29, 0.717) is 51.5 Å². The van der Waals surface area contributed by atoms with Crippen LogP contribution in [-0.4, -0.2) is 40.0 Å². The molecular weight excluding hydrogens is 534 g/mol. The second-order valence-corrected chi connectivity index (χ2v) is 11.4. The molecule has 5 rings (SSSR count). The predicted molar refractivity (Wildman–Crippen MR) is 153 cm³/mol. The van der Waals surface area contributed by atoms with Crippen LogP contribution in [0.4, 0.5) is 5.13 Å². The van der Waals surface area contributed by atoms with Gasteiger partial charge in [-0.3, -0.25) is 14.5 Å². The summed E-state index contributed by atoms with van der Waals surface area (Å²) in [4.78, 5) is 38.4. The number of aromatic nitrogens is 2. The van der Waals surface area contributed by atoms with Gasteiger partial charge in [-0.05, 0) is 63.1 Å². The molecule has 0 saturated heterocycles. The fourth-order valence-corrected chi connectivity index (χ4v) is 6.47. The van der Waals surface area contributed by atoms with Crippen molar-refractivity contribution in [3.05, 3.63) is 74.9 Å². The maximum Gasteiger partial charge on any atom is 0.296 e. The number of carbonyl (C=O) groups excluding carboxylic acids is 2. The summed E-state index contributed by atoms with van der Waals surface area (Å²) >= 11 is 2.55. The van der Waals surface area contributed by atoms with Gasteiger partial charge in [0, 0.05) is 0 Å². The topological polar surface area (TPSA) is 102 Å². The first-order chi connectivity index (χ1) is 18.8. The normalized spacial score (nSPS) is 15.4. The molecule has 0 bridgehead atoms. The number of carbonyl (C=O) groups is 2.